The van der Waals surface area contributed by atoms with Gasteiger partial charge in [0.1, 0.15) is 0 Å². The van der Waals surface area contributed by atoms with Crippen molar-refractivity contribution in [2.45, 2.75) is 53.9 Å². The van der Waals surface area contributed by atoms with Crippen LogP contribution in [0.5, 0.6) is 0 Å². The van der Waals surface area contributed by atoms with E-state index in [0.717, 1.165) is 12.8 Å². The summed E-state index contributed by atoms with van der Waals surface area (Å²) >= 11 is 0. The lowest BCUT2D eigenvalue weighted by Crippen LogP contribution is -2.15. The van der Waals surface area contributed by atoms with Gasteiger partial charge in [-0.25, -0.2) is 0 Å². The molecule has 0 N–H and O–H groups in total. The Morgan fingerprint density at radius 1 is 1.31 bits per heavy atom. The van der Waals surface area contributed by atoms with Crippen LogP contribution in [0.15, 0.2) is 23.8 Å². The van der Waals surface area contributed by atoms with E-state index >= 15 is 0 Å². The topological polar surface area (TPSA) is 0 Å². The molecule has 76 valence electrons. The van der Waals surface area contributed by atoms with Gasteiger partial charge in [0.05, 0.1) is 0 Å². The van der Waals surface area contributed by atoms with E-state index in [4.69, 9.17) is 0 Å². The highest BCUT2D eigenvalue weighted by Gasteiger charge is 2.22. The van der Waals surface area contributed by atoms with Crippen LogP contribution in [0.4, 0.5) is 0 Å². The minimum absolute atomic E-state index is 0.187. The molecule has 0 aliphatic heterocycles. The second-order valence-electron chi connectivity index (χ2n) is 4.27. The fraction of sp³-hybridized carbons (Fsp3) is 0.692. The van der Waals surface area contributed by atoms with E-state index in [9.17, 15) is 0 Å². The highest BCUT2D eigenvalue weighted by Crippen LogP contribution is 2.35. The Bertz CT molecular complexity index is 194. The molecule has 0 aromatic carbocycles. The Morgan fingerprint density at radius 2 is 1.85 bits per heavy atom. The molecule has 0 aliphatic rings. The van der Waals surface area contributed by atoms with Gasteiger partial charge in [0.2, 0.25) is 0 Å². The molecule has 0 aliphatic carbocycles. The first-order chi connectivity index (χ1) is 5.96. The molecule has 0 rings (SSSR count). The molecule has 13 heavy (non-hydrogen) atoms. The van der Waals surface area contributed by atoms with E-state index in [-0.39, 0.29) is 5.41 Å². The van der Waals surface area contributed by atoms with Gasteiger partial charge in [-0.2, -0.15) is 0 Å². The average molecular weight is 180 g/mol. The third-order valence-electron chi connectivity index (χ3n) is 2.93. The SMILES string of the molecule is C=C(CCC)C(C)(C)C(C)=CCC. The van der Waals surface area contributed by atoms with Crippen LogP contribution in [0, 0.1) is 5.41 Å². The van der Waals surface area contributed by atoms with Gasteiger partial charge in [-0.1, -0.05) is 57.9 Å². The van der Waals surface area contributed by atoms with Crippen molar-refractivity contribution in [1.29, 1.82) is 0 Å². The van der Waals surface area contributed by atoms with Crippen molar-refractivity contribution in [3.63, 3.8) is 0 Å². The molecule has 0 amide bonds. The molecule has 0 unspecified atom stereocenters. The zero-order valence-corrected chi connectivity index (χ0v) is 9.91. The summed E-state index contributed by atoms with van der Waals surface area (Å²) in [4.78, 5) is 0. The first kappa shape index (κ1) is 12.5. The van der Waals surface area contributed by atoms with E-state index < -0.39 is 0 Å². The summed E-state index contributed by atoms with van der Waals surface area (Å²) < 4.78 is 0. The predicted molar refractivity (Wildman–Crippen MR) is 61.9 cm³/mol. The van der Waals surface area contributed by atoms with Gasteiger partial charge < -0.3 is 0 Å². The molecule has 0 bridgehead atoms. The van der Waals surface area contributed by atoms with E-state index in [1.165, 1.54) is 17.6 Å². The first-order valence-electron chi connectivity index (χ1n) is 5.32. The summed E-state index contributed by atoms with van der Waals surface area (Å²) in [6.07, 6.45) is 5.76. The zero-order chi connectivity index (χ0) is 10.5. The summed E-state index contributed by atoms with van der Waals surface area (Å²) in [6.45, 7) is 15.3. The Hall–Kier alpha value is -0.520. The number of hydrogen-bond donors (Lipinski definition) is 0. The van der Waals surface area contributed by atoms with Crippen molar-refractivity contribution < 1.29 is 0 Å². The average Bonchev–Trinajstić information content (AvgIpc) is 2.05. The van der Waals surface area contributed by atoms with Crippen molar-refractivity contribution >= 4 is 0 Å². The van der Waals surface area contributed by atoms with Crippen LogP contribution in [0.1, 0.15) is 53.9 Å². The van der Waals surface area contributed by atoms with Crippen molar-refractivity contribution in [3.05, 3.63) is 23.8 Å². The van der Waals surface area contributed by atoms with Gasteiger partial charge in [-0.05, 0) is 19.8 Å². The Morgan fingerprint density at radius 3 is 2.23 bits per heavy atom. The smallest absolute Gasteiger partial charge is 0.00585 e. The maximum atomic E-state index is 4.18. The lowest BCUT2D eigenvalue weighted by molar-refractivity contribution is 0.512. The van der Waals surface area contributed by atoms with Crippen LogP contribution in [-0.2, 0) is 0 Å². The van der Waals surface area contributed by atoms with Gasteiger partial charge in [-0.3, -0.25) is 0 Å². The molecule has 0 heterocycles. The minimum Gasteiger partial charge on any atom is -0.0990 e. The molecule has 0 spiro atoms. The largest absolute Gasteiger partial charge is 0.0990 e. The lowest BCUT2D eigenvalue weighted by atomic mass is 9.76. The molecule has 0 atom stereocenters. The third-order valence-corrected chi connectivity index (χ3v) is 2.93. The number of rotatable bonds is 5. The Kier molecular flexibility index (Phi) is 5.05. The number of allylic oxidation sites excluding steroid dienone is 3. The lowest BCUT2D eigenvalue weighted by Gasteiger charge is -2.28. The Balaban J connectivity index is 4.54. The summed E-state index contributed by atoms with van der Waals surface area (Å²) in [7, 11) is 0. The molecule has 0 saturated carbocycles. The third kappa shape index (κ3) is 3.38. The molecule has 0 heteroatoms. The molecule has 0 aromatic rings. The fourth-order valence-corrected chi connectivity index (χ4v) is 1.45. The van der Waals surface area contributed by atoms with Crippen molar-refractivity contribution in [1.82, 2.24) is 0 Å². The molecule has 0 fully saturated rings. The van der Waals surface area contributed by atoms with Crippen LogP contribution in [0.25, 0.3) is 0 Å². The maximum absolute atomic E-state index is 4.18. The van der Waals surface area contributed by atoms with Gasteiger partial charge in [0.25, 0.3) is 0 Å². The van der Waals surface area contributed by atoms with E-state index in [0.29, 0.717) is 0 Å². The Labute approximate surface area is 83.7 Å². The highest BCUT2D eigenvalue weighted by molar-refractivity contribution is 5.23. The van der Waals surface area contributed by atoms with Gasteiger partial charge in [0, 0.05) is 5.41 Å². The van der Waals surface area contributed by atoms with E-state index in [2.05, 4.69) is 47.3 Å². The van der Waals surface area contributed by atoms with Crippen molar-refractivity contribution in [3.8, 4) is 0 Å². The van der Waals surface area contributed by atoms with Crippen molar-refractivity contribution in [2.24, 2.45) is 5.41 Å². The molecule has 0 saturated heterocycles. The molecule has 0 nitrogen and oxygen atoms in total. The molecule has 0 aromatic heterocycles. The van der Waals surface area contributed by atoms with Crippen LogP contribution in [-0.4, -0.2) is 0 Å². The normalized spacial score (nSPS) is 13.2. The summed E-state index contributed by atoms with van der Waals surface area (Å²) in [5.74, 6) is 0. The summed E-state index contributed by atoms with van der Waals surface area (Å²) in [5.41, 5.74) is 3.00. The molecule has 0 radical (unpaired) electrons. The van der Waals surface area contributed by atoms with Gasteiger partial charge in [0.15, 0.2) is 0 Å². The first-order valence-corrected chi connectivity index (χ1v) is 5.32. The van der Waals surface area contributed by atoms with Gasteiger partial charge in [-0.15, -0.1) is 0 Å². The second-order valence-corrected chi connectivity index (χ2v) is 4.27. The quantitative estimate of drug-likeness (QED) is 0.537. The second kappa shape index (κ2) is 5.26. The van der Waals surface area contributed by atoms with E-state index in [1.54, 1.807) is 0 Å². The van der Waals surface area contributed by atoms with Crippen molar-refractivity contribution in [2.75, 3.05) is 0 Å². The number of hydrogen-bond acceptors (Lipinski definition) is 0. The maximum Gasteiger partial charge on any atom is 0.00585 e. The van der Waals surface area contributed by atoms with Crippen LogP contribution in [0.2, 0.25) is 0 Å². The zero-order valence-electron chi connectivity index (χ0n) is 9.91. The summed E-state index contributed by atoms with van der Waals surface area (Å²) in [6, 6.07) is 0. The molecular weight excluding hydrogens is 156 g/mol. The van der Waals surface area contributed by atoms with Crippen LogP contribution >= 0.6 is 0 Å². The van der Waals surface area contributed by atoms with E-state index in [1.807, 2.05) is 0 Å². The summed E-state index contributed by atoms with van der Waals surface area (Å²) in [5, 5.41) is 0. The predicted octanol–water partition coefficient (Wildman–Crippen LogP) is 4.73. The standard InChI is InChI=1S/C13H24/c1-7-9-11(3)13(5,6)12(4)10-8-2/h10H,3,7-9H2,1-2,4-6H3. The fourth-order valence-electron chi connectivity index (χ4n) is 1.45. The monoisotopic (exact) mass is 180 g/mol. The van der Waals surface area contributed by atoms with Crippen LogP contribution in [0.3, 0.4) is 0 Å². The highest BCUT2D eigenvalue weighted by atomic mass is 14.3. The van der Waals surface area contributed by atoms with Crippen LogP contribution < -0.4 is 0 Å². The minimum atomic E-state index is 0.187. The van der Waals surface area contributed by atoms with Gasteiger partial charge >= 0.3 is 0 Å². The molecular formula is C13H24.